The van der Waals surface area contributed by atoms with Crippen molar-refractivity contribution in [2.75, 3.05) is 18.5 Å². The van der Waals surface area contributed by atoms with E-state index in [0.29, 0.717) is 49.3 Å². The van der Waals surface area contributed by atoms with Gasteiger partial charge in [0.25, 0.3) is 5.91 Å². The van der Waals surface area contributed by atoms with E-state index in [0.717, 1.165) is 37.1 Å². The molecule has 1 aliphatic heterocycles. The van der Waals surface area contributed by atoms with E-state index in [-0.39, 0.29) is 24.0 Å². The van der Waals surface area contributed by atoms with Crippen molar-refractivity contribution < 1.29 is 23.4 Å². The average molecular weight is 559 g/mol. The predicted octanol–water partition coefficient (Wildman–Crippen LogP) is 4.72. The summed E-state index contributed by atoms with van der Waals surface area (Å²) < 4.78 is 36.2. The van der Waals surface area contributed by atoms with Crippen molar-refractivity contribution in [2.24, 2.45) is 0 Å². The molecule has 210 valence electrons. The smallest absolute Gasteiger partial charge is 0.275 e. The molecule has 0 radical (unpaired) electrons. The van der Waals surface area contributed by atoms with Gasteiger partial charge in [-0.1, -0.05) is 19.6 Å². The number of aliphatic hydroxyl groups is 1. The lowest BCUT2D eigenvalue weighted by Crippen LogP contribution is -2.32. The fourth-order valence-corrected chi connectivity index (χ4v) is 6.17. The second-order valence-electron chi connectivity index (χ2n) is 11.7. The Labute approximate surface area is 227 Å². The van der Waals surface area contributed by atoms with Crippen LogP contribution in [0.5, 0.6) is 0 Å². The highest BCUT2D eigenvalue weighted by atomic mass is 28.3. The number of benzene rings is 1. The number of ether oxygens (including phenoxy) is 1. The number of nitrogens with one attached hydrogen (secondary N) is 1. The standard InChI is InChI=1S/C27H36F2N6O3Si/c1-39(2,3)13-12-38-16-35-26-23(25(30-15-31-26)32-20-6-4-8-22(20)36)24(33-35)27(37)34-11-5-7-21(34)18-14-17(28)9-10-19(18)29/h9-10,14-15,20-22,36H,4-8,11-13,16H2,1-3H3,(H,30,31,32)/t20-,21?,22-/m1/s1. The zero-order chi connectivity index (χ0) is 27.7. The molecule has 2 aromatic heterocycles. The molecule has 5 rings (SSSR count). The van der Waals surface area contributed by atoms with E-state index in [1.165, 1.54) is 6.33 Å². The fourth-order valence-electron chi connectivity index (χ4n) is 5.41. The first-order chi connectivity index (χ1) is 18.6. The van der Waals surface area contributed by atoms with Gasteiger partial charge in [-0.3, -0.25) is 4.79 Å². The van der Waals surface area contributed by atoms with Crippen molar-refractivity contribution in [3.8, 4) is 0 Å². The van der Waals surface area contributed by atoms with Crippen LogP contribution in [0.3, 0.4) is 0 Å². The van der Waals surface area contributed by atoms with Crippen LogP contribution in [0, 0.1) is 11.6 Å². The molecule has 3 aromatic rings. The quantitative estimate of drug-likeness (QED) is 0.289. The first kappa shape index (κ1) is 27.6. The number of nitrogens with zero attached hydrogens (tertiary/aromatic N) is 5. The van der Waals surface area contributed by atoms with Crippen molar-refractivity contribution in [3.05, 3.63) is 47.4 Å². The Hall–Kier alpha value is -2.96. The van der Waals surface area contributed by atoms with Crippen LogP contribution in [0.15, 0.2) is 24.5 Å². The van der Waals surface area contributed by atoms with Crippen molar-refractivity contribution in [1.29, 1.82) is 0 Å². The van der Waals surface area contributed by atoms with Crippen LogP contribution in [0.2, 0.25) is 25.7 Å². The van der Waals surface area contributed by atoms with E-state index in [2.05, 4.69) is 40.0 Å². The molecule has 1 unspecified atom stereocenters. The van der Waals surface area contributed by atoms with E-state index < -0.39 is 37.8 Å². The second-order valence-corrected chi connectivity index (χ2v) is 17.3. The van der Waals surface area contributed by atoms with E-state index in [1.54, 1.807) is 9.58 Å². The molecule has 12 heteroatoms. The molecular formula is C27H36F2N6O3Si. The number of aliphatic hydroxyl groups excluding tert-OH is 1. The summed E-state index contributed by atoms with van der Waals surface area (Å²) in [5.41, 5.74) is 0.713. The Balaban J connectivity index is 1.51. The zero-order valence-electron chi connectivity index (χ0n) is 22.7. The minimum atomic E-state index is -1.30. The minimum Gasteiger partial charge on any atom is -0.391 e. The molecule has 0 spiro atoms. The molecule has 1 aliphatic carbocycles. The predicted molar refractivity (Wildman–Crippen MR) is 146 cm³/mol. The maximum absolute atomic E-state index is 14.7. The normalized spacial score (nSPS) is 21.7. The van der Waals surface area contributed by atoms with Gasteiger partial charge in [-0.15, -0.1) is 0 Å². The first-order valence-corrected chi connectivity index (χ1v) is 17.3. The van der Waals surface area contributed by atoms with Crippen molar-refractivity contribution in [1.82, 2.24) is 24.6 Å². The number of aromatic nitrogens is 4. The van der Waals surface area contributed by atoms with Crippen molar-refractivity contribution >= 4 is 30.8 Å². The molecule has 1 aromatic carbocycles. The number of likely N-dealkylation sites (tertiary alicyclic amines) is 1. The average Bonchev–Trinajstić information content (AvgIpc) is 3.62. The lowest BCUT2D eigenvalue weighted by molar-refractivity contribution is 0.0708. The summed E-state index contributed by atoms with van der Waals surface area (Å²) in [6.07, 6.45) is 4.40. The summed E-state index contributed by atoms with van der Waals surface area (Å²) in [5.74, 6) is -1.09. The molecule has 2 aliphatic rings. The molecule has 0 bridgehead atoms. The van der Waals surface area contributed by atoms with Crippen LogP contribution in [-0.2, 0) is 11.5 Å². The SMILES string of the molecule is C[Si](C)(C)CCOCn1nc(C(=O)N2CCCC2c2cc(F)ccc2F)c2c(N[C@@H]3CCC[C@H]3O)ncnc21. The van der Waals surface area contributed by atoms with Gasteiger partial charge in [0, 0.05) is 26.8 Å². The molecule has 1 amide bonds. The number of anilines is 1. The van der Waals surface area contributed by atoms with E-state index in [4.69, 9.17) is 4.74 Å². The molecule has 39 heavy (non-hydrogen) atoms. The third kappa shape index (κ3) is 5.97. The molecule has 1 saturated carbocycles. The van der Waals surface area contributed by atoms with Crippen LogP contribution in [0.1, 0.15) is 54.2 Å². The van der Waals surface area contributed by atoms with Gasteiger partial charge < -0.3 is 20.1 Å². The highest BCUT2D eigenvalue weighted by Crippen LogP contribution is 2.36. The van der Waals surface area contributed by atoms with Gasteiger partial charge in [0.1, 0.15) is 30.5 Å². The number of hydrogen-bond donors (Lipinski definition) is 2. The summed E-state index contributed by atoms with van der Waals surface area (Å²) in [6.45, 7) is 7.88. The summed E-state index contributed by atoms with van der Waals surface area (Å²) in [5, 5.41) is 18.8. The highest BCUT2D eigenvalue weighted by Gasteiger charge is 2.36. The molecule has 1 saturated heterocycles. The second kappa shape index (κ2) is 11.3. The van der Waals surface area contributed by atoms with Gasteiger partial charge >= 0.3 is 0 Å². The van der Waals surface area contributed by atoms with Crippen LogP contribution in [0.25, 0.3) is 11.0 Å². The number of carbonyl (C=O) groups is 1. The molecule has 3 atom stereocenters. The fraction of sp³-hybridized carbons (Fsp3) is 0.556. The minimum absolute atomic E-state index is 0.110. The summed E-state index contributed by atoms with van der Waals surface area (Å²) >= 11 is 0. The maximum atomic E-state index is 14.7. The summed E-state index contributed by atoms with van der Waals surface area (Å²) in [6, 6.07) is 3.49. The zero-order valence-corrected chi connectivity index (χ0v) is 23.7. The lowest BCUT2D eigenvalue weighted by atomic mass is 10.0. The number of hydrogen-bond acceptors (Lipinski definition) is 7. The molecule has 2 fully saturated rings. The van der Waals surface area contributed by atoms with Crippen LogP contribution >= 0.6 is 0 Å². The van der Waals surface area contributed by atoms with Crippen LogP contribution < -0.4 is 5.32 Å². The maximum Gasteiger partial charge on any atom is 0.275 e. The Morgan fingerprint density at radius 3 is 2.74 bits per heavy atom. The summed E-state index contributed by atoms with van der Waals surface area (Å²) in [4.78, 5) is 24.4. The third-order valence-electron chi connectivity index (χ3n) is 7.57. The Bertz CT molecular complexity index is 1350. The van der Waals surface area contributed by atoms with Gasteiger partial charge in [0.2, 0.25) is 0 Å². The molecular weight excluding hydrogens is 522 g/mol. The Morgan fingerprint density at radius 1 is 1.18 bits per heavy atom. The number of amides is 1. The number of fused-ring (bicyclic) bond motifs is 1. The lowest BCUT2D eigenvalue weighted by Gasteiger charge is -2.25. The van der Waals surface area contributed by atoms with Crippen LogP contribution in [-0.4, -0.2) is 69.0 Å². The van der Waals surface area contributed by atoms with Gasteiger partial charge in [0.15, 0.2) is 11.3 Å². The van der Waals surface area contributed by atoms with E-state index in [9.17, 15) is 18.7 Å². The Morgan fingerprint density at radius 2 is 2.00 bits per heavy atom. The van der Waals surface area contributed by atoms with Crippen molar-refractivity contribution in [3.63, 3.8) is 0 Å². The van der Waals surface area contributed by atoms with E-state index >= 15 is 0 Å². The summed E-state index contributed by atoms with van der Waals surface area (Å²) in [7, 11) is -1.30. The largest absolute Gasteiger partial charge is 0.391 e. The van der Waals surface area contributed by atoms with Gasteiger partial charge in [0.05, 0.1) is 23.6 Å². The Kier molecular flexibility index (Phi) is 7.97. The third-order valence-corrected chi connectivity index (χ3v) is 9.28. The number of halogens is 2. The first-order valence-electron chi connectivity index (χ1n) is 13.6. The van der Waals surface area contributed by atoms with Crippen molar-refractivity contribution in [2.45, 2.75) is 82.7 Å². The molecule has 9 nitrogen and oxygen atoms in total. The monoisotopic (exact) mass is 558 g/mol. The van der Waals surface area contributed by atoms with Gasteiger partial charge in [-0.2, -0.15) is 5.10 Å². The molecule has 3 heterocycles. The van der Waals surface area contributed by atoms with Gasteiger partial charge in [-0.25, -0.2) is 23.4 Å². The number of carbonyl (C=O) groups excluding carboxylic acids is 1. The number of rotatable bonds is 9. The topological polar surface area (TPSA) is 105 Å². The highest BCUT2D eigenvalue weighted by molar-refractivity contribution is 6.76. The van der Waals surface area contributed by atoms with E-state index in [1.807, 2.05) is 0 Å². The van der Waals surface area contributed by atoms with Crippen LogP contribution in [0.4, 0.5) is 14.6 Å². The molecule has 2 N–H and O–H groups in total. The van der Waals surface area contributed by atoms with Gasteiger partial charge in [-0.05, 0) is 56.3 Å².